The van der Waals surface area contributed by atoms with Gasteiger partial charge in [0.15, 0.2) is 0 Å². The molecule has 0 aliphatic carbocycles. The number of hydrogen-bond donors (Lipinski definition) is 3. The number of nitrogens with one attached hydrogen (secondary N) is 1. The van der Waals surface area contributed by atoms with Crippen LogP contribution in [0.4, 0.5) is 13.2 Å². The summed E-state index contributed by atoms with van der Waals surface area (Å²) in [6.45, 7) is -1.06. The molecule has 124 valence electrons. The Hall–Kier alpha value is -1.40. The fraction of sp³-hybridized carbons (Fsp3) is 0.778. The van der Waals surface area contributed by atoms with E-state index in [0.717, 1.165) is 11.6 Å². The molecule has 21 heavy (non-hydrogen) atoms. The minimum absolute atomic E-state index is 0.715. The number of sulfonamides is 1. The van der Waals surface area contributed by atoms with E-state index in [0.29, 0.717) is 0 Å². The van der Waals surface area contributed by atoms with E-state index in [1.54, 1.807) is 0 Å². The van der Waals surface area contributed by atoms with Gasteiger partial charge in [-0.25, -0.2) is 4.72 Å². The number of ether oxygens (including phenoxy) is 1. The lowest BCUT2D eigenvalue weighted by Gasteiger charge is -2.21. The third-order valence-electron chi connectivity index (χ3n) is 2.31. The first-order valence-electron chi connectivity index (χ1n) is 5.40. The van der Waals surface area contributed by atoms with Crippen LogP contribution in [0, 0.1) is 5.41 Å². The van der Waals surface area contributed by atoms with E-state index in [1.165, 1.54) is 0 Å². The molecule has 0 heterocycles. The Labute approximate surface area is 117 Å². The zero-order valence-electron chi connectivity index (χ0n) is 10.8. The molecule has 12 heteroatoms. The van der Waals surface area contributed by atoms with Crippen molar-refractivity contribution in [2.45, 2.75) is 18.9 Å². The minimum Gasteiger partial charge on any atom is -0.465 e. The van der Waals surface area contributed by atoms with E-state index < -0.39 is 59.1 Å². The molecule has 8 nitrogen and oxygen atoms in total. The highest BCUT2D eigenvalue weighted by Crippen LogP contribution is 2.21. The van der Waals surface area contributed by atoms with Gasteiger partial charge in [0.05, 0.1) is 19.6 Å². The average Bonchev–Trinajstić information content (AvgIpc) is 2.35. The fourth-order valence-corrected chi connectivity index (χ4v) is 1.37. The average molecular weight is 337 g/mol. The van der Waals surface area contributed by atoms with E-state index in [1.807, 2.05) is 0 Å². The Kier molecular flexibility index (Phi) is 6.57. The van der Waals surface area contributed by atoms with Gasteiger partial charge in [-0.3, -0.25) is 9.59 Å². The standard InChI is InChI=1S/C9H14F3NO7S/c1-8(4-14,5-15)7(17)20-3-2-6(16)13-21(18,19)9(10,11)12/h14-15H,2-5H2,1H3,(H,13,16). The van der Waals surface area contributed by atoms with Gasteiger partial charge < -0.3 is 14.9 Å². The molecule has 0 rings (SSSR count). The van der Waals surface area contributed by atoms with Gasteiger partial charge in [-0.1, -0.05) is 0 Å². The first-order valence-corrected chi connectivity index (χ1v) is 6.89. The van der Waals surface area contributed by atoms with Gasteiger partial charge >= 0.3 is 21.5 Å². The molecular weight excluding hydrogens is 323 g/mol. The molecule has 0 aliphatic heterocycles. The number of rotatable bonds is 7. The van der Waals surface area contributed by atoms with Crippen molar-refractivity contribution in [3.05, 3.63) is 0 Å². The van der Waals surface area contributed by atoms with Crippen molar-refractivity contribution >= 4 is 21.9 Å². The van der Waals surface area contributed by atoms with Crippen LogP contribution in [0.25, 0.3) is 0 Å². The third kappa shape index (κ3) is 5.47. The molecule has 0 saturated carbocycles. The molecule has 1 amide bonds. The monoisotopic (exact) mass is 337 g/mol. The van der Waals surface area contributed by atoms with Crippen LogP contribution < -0.4 is 4.72 Å². The smallest absolute Gasteiger partial charge is 0.465 e. The second kappa shape index (κ2) is 7.04. The van der Waals surface area contributed by atoms with Gasteiger partial charge in [-0.05, 0) is 6.92 Å². The van der Waals surface area contributed by atoms with Crippen LogP contribution in [-0.4, -0.2) is 55.8 Å². The zero-order chi connectivity index (χ0) is 16.9. The van der Waals surface area contributed by atoms with Crippen molar-refractivity contribution < 1.29 is 46.1 Å². The molecule has 0 atom stereocenters. The van der Waals surface area contributed by atoms with E-state index in [2.05, 4.69) is 4.74 Å². The van der Waals surface area contributed by atoms with Crippen LogP contribution in [0.1, 0.15) is 13.3 Å². The number of carbonyl (C=O) groups is 2. The van der Waals surface area contributed by atoms with E-state index >= 15 is 0 Å². The zero-order valence-corrected chi connectivity index (χ0v) is 11.6. The number of carbonyl (C=O) groups excluding carboxylic acids is 2. The maximum Gasteiger partial charge on any atom is 0.516 e. The summed E-state index contributed by atoms with van der Waals surface area (Å²) in [6.07, 6.45) is -0.839. The molecule has 0 radical (unpaired) electrons. The molecule has 0 aliphatic rings. The molecule has 3 N–H and O–H groups in total. The SMILES string of the molecule is CC(CO)(CO)C(=O)OCCC(=O)NS(=O)(=O)C(F)(F)F. The van der Waals surface area contributed by atoms with Crippen molar-refractivity contribution in [3.63, 3.8) is 0 Å². The molecule has 0 aromatic rings. The summed E-state index contributed by atoms with van der Waals surface area (Å²) in [5.74, 6) is -2.60. The topological polar surface area (TPSA) is 130 Å². The molecule has 0 spiro atoms. The van der Waals surface area contributed by atoms with Crippen LogP contribution >= 0.6 is 0 Å². The normalized spacial score (nSPS) is 12.9. The third-order valence-corrected chi connectivity index (χ3v) is 3.41. The van der Waals surface area contributed by atoms with Gasteiger partial charge in [0, 0.05) is 0 Å². The summed E-state index contributed by atoms with van der Waals surface area (Å²) in [5, 5.41) is 17.7. The van der Waals surface area contributed by atoms with Gasteiger partial charge in [0.25, 0.3) is 0 Å². The van der Waals surface area contributed by atoms with Crippen molar-refractivity contribution in [1.29, 1.82) is 0 Å². The molecule has 0 saturated heterocycles. The first kappa shape index (κ1) is 19.6. The van der Waals surface area contributed by atoms with E-state index in [4.69, 9.17) is 10.2 Å². The van der Waals surface area contributed by atoms with Gasteiger partial charge in [0.2, 0.25) is 5.91 Å². The number of amides is 1. The maximum absolute atomic E-state index is 11.9. The lowest BCUT2D eigenvalue weighted by atomic mass is 9.93. The predicted octanol–water partition coefficient (Wildman–Crippen LogP) is -1.12. The Bertz CT molecular complexity index is 484. The summed E-state index contributed by atoms with van der Waals surface area (Å²) in [4.78, 5) is 22.4. The molecular formula is C9H14F3NO7S. The quantitative estimate of drug-likeness (QED) is 0.501. The fourth-order valence-electron chi connectivity index (χ4n) is 0.849. The molecule has 0 aromatic heterocycles. The lowest BCUT2D eigenvalue weighted by molar-refractivity contribution is -0.160. The summed E-state index contributed by atoms with van der Waals surface area (Å²) in [5.41, 5.74) is -7.26. The summed E-state index contributed by atoms with van der Waals surface area (Å²) in [6, 6.07) is 0. The summed E-state index contributed by atoms with van der Waals surface area (Å²) >= 11 is 0. The highest BCUT2D eigenvalue weighted by molar-refractivity contribution is 7.90. The largest absolute Gasteiger partial charge is 0.516 e. The number of alkyl halides is 3. The summed E-state index contributed by atoms with van der Waals surface area (Å²) in [7, 11) is -5.81. The summed E-state index contributed by atoms with van der Waals surface area (Å²) < 4.78 is 62.2. The predicted molar refractivity (Wildman–Crippen MR) is 61.0 cm³/mol. The number of esters is 1. The van der Waals surface area contributed by atoms with E-state index in [-0.39, 0.29) is 0 Å². The van der Waals surface area contributed by atoms with Crippen LogP contribution in [0.2, 0.25) is 0 Å². The number of halogens is 3. The van der Waals surface area contributed by atoms with Crippen LogP contribution in [0.5, 0.6) is 0 Å². The second-order valence-corrected chi connectivity index (χ2v) is 5.91. The first-order chi connectivity index (χ1) is 9.39. The Morgan fingerprint density at radius 2 is 1.67 bits per heavy atom. The minimum atomic E-state index is -5.81. The van der Waals surface area contributed by atoms with Crippen LogP contribution in [0.3, 0.4) is 0 Å². The van der Waals surface area contributed by atoms with Crippen molar-refractivity contribution in [3.8, 4) is 0 Å². The van der Waals surface area contributed by atoms with Gasteiger partial charge in [-0.2, -0.15) is 21.6 Å². The van der Waals surface area contributed by atoms with Crippen LogP contribution in [-0.2, 0) is 24.3 Å². The maximum atomic E-state index is 11.9. The van der Waals surface area contributed by atoms with E-state index in [9.17, 15) is 31.2 Å². The van der Waals surface area contributed by atoms with Gasteiger partial charge in [0.1, 0.15) is 12.0 Å². The molecule has 0 aromatic carbocycles. The Morgan fingerprint density at radius 3 is 2.05 bits per heavy atom. The Balaban J connectivity index is 4.39. The van der Waals surface area contributed by atoms with Crippen LogP contribution in [0.15, 0.2) is 0 Å². The van der Waals surface area contributed by atoms with Crippen molar-refractivity contribution in [2.24, 2.45) is 5.41 Å². The molecule has 0 fully saturated rings. The van der Waals surface area contributed by atoms with Crippen molar-refractivity contribution in [1.82, 2.24) is 4.72 Å². The highest BCUT2D eigenvalue weighted by Gasteiger charge is 2.46. The molecule has 0 bridgehead atoms. The van der Waals surface area contributed by atoms with Gasteiger partial charge in [-0.15, -0.1) is 0 Å². The van der Waals surface area contributed by atoms with Crippen molar-refractivity contribution in [2.75, 3.05) is 19.8 Å². The highest BCUT2D eigenvalue weighted by atomic mass is 32.2. The number of aliphatic hydroxyl groups is 2. The number of hydrogen-bond acceptors (Lipinski definition) is 7. The second-order valence-electron chi connectivity index (χ2n) is 4.24. The Morgan fingerprint density at radius 1 is 1.19 bits per heavy atom. The number of aliphatic hydroxyl groups excluding tert-OH is 2. The molecule has 0 unspecified atom stereocenters. The lowest BCUT2D eigenvalue weighted by Crippen LogP contribution is -2.41.